The second kappa shape index (κ2) is 6.72. The Labute approximate surface area is 125 Å². The third kappa shape index (κ3) is 4.05. The van der Waals surface area contributed by atoms with Gasteiger partial charge < -0.3 is 10.4 Å². The van der Waals surface area contributed by atoms with Gasteiger partial charge in [-0.1, -0.05) is 44.2 Å². The van der Waals surface area contributed by atoms with E-state index in [-0.39, 0.29) is 11.8 Å². The molecular weight excluding hydrogens is 265 g/mol. The fourth-order valence-corrected chi connectivity index (χ4v) is 2.22. The van der Waals surface area contributed by atoms with Crippen molar-refractivity contribution in [2.45, 2.75) is 39.3 Å². The van der Waals surface area contributed by atoms with Gasteiger partial charge in [0.15, 0.2) is 11.6 Å². The van der Waals surface area contributed by atoms with Crippen LogP contribution in [0, 0.1) is 5.82 Å². The van der Waals surface area contributed by atoms with Crippen LogP contribution in [0.25, 0.3) is 0 Å². The van der Waals surface area contributed by atoms with Crippen LogP contribution in [0.5, 0.6) is 5.75 Å². The number of phenols is 1. The molecule has 0 fully saturated rings. The van der Waals surface area contributed by atoms with Gasteiger partial charge >= 0.3 is 0 Å². The van der Waals surface area contributed by atoms with Crippen LogP contribution in [0.4, 0.5) is 4.39 Å². The Balaban J connectivity index is 1.97. The maximum Gasteiger partial charge on any atom is 0.165 e. The molecule has 0 aliphatic rings. The molecule has 2 aromatic rings. The van der Waals surface area contributed by atoms with E-state index in [0.717, 1.165) is 5.56 Å². The lowest BCUT2D eigenvalue weighted by Crippen LogP contribution is -2.18. The average molecular weight is 287 g/mol. The molecule has 0 saturated carbocycles. The molecule has 0 aliphatic carbocycles. The molecule has 0 amide bonds. The van der Waals surface area contributed by atoms with E-state index in [4.69, 9.17) is 0 Å². The second-order valence-electron chi connectivity index (χ2n) is 5.71. The molecular formula is C18H22FNO. The Bertz CT molecular complexity index is 593. The van der Waals surface area contributed by atoms with E-state index in [1.165, 1.54) is 23.3 Å². The van der Waals surface area contributed by atoms with Gasteiger partial charge in [0.2, 0.25) is 0 Å². The Kier molecular flexibility index (Phi) is 4.97. The maximum atomic E-state index is 13.3. The van der Waals surface area contributed by atoms with Crippen LogP contribution in [0.15, 0.2) is 42.5 Å². The van der Waals surface area contributed by atoms with Gasteiger partial charge in [-0.25, -0.2) is 4.39 Å². The Morgan fingerprint density at radius 2 is 1.62 bits per heavy atom. The molecule has 3 heteroatoms. The van der Waals surface area contributed by atoms with E-state index in [2.05, 4.69) is 50.4 Å². The standard InChI is InChI=1S/C18H22FNO/c1-12(2)15-5-7-16(8-6-15)13(3)20-11-14-4-9-18(21)17(19)10-14/h4-10,12-13,20-21H,11H2,1-3H3. The first-order chi connectivity index (χ1) is 9.97. The normalized spacial score (nSPS) is 12.6. The van der Waals surface area contributed by atoms with Crippen molar-refractivity contribution < 1.29 is 9.50 Å². The van der Waals surface area contributed by atoms with Crippen LogP contribution in [-0.4, -0.2) is 5.11 Å². The number of phenolic OH excluding ortho intramolecular Hbond substituents is 1. The van der Waals surface area contributed by atoms with Crippen LogP contribution in [-0.2, 0) is 6.54 Å². The highest BCUT2D eigenvalue weighted by Crippen LogP contribution is 2.20. The number of halogens is 1. The average Bonchev–Trinajstić information content (AvgIpc) is 2.48. The fourth-order valence-electron chi connectivity index (χ4n) is 2.22. The van der Waals surface area contributed by atoms with Crippen molar-refractivity contribution in [3.63, 3.8) is 0 Å². The van der Waals surface area contributed by atoms with Gasteiger partial charge in [-0.15, -0.1) is 0 Å². The Morgan fingerprint density at radius 1 is 1.00 bits per heavy atom. The SMILES string of the molecule is CC(C)c1ccc(C(C)NCc2ccc(O)c(F)c2)cc1. The highest BCUT2D eigenvalue weighted by Gasteiger charge is 2.07. The van der Waals surface area contributed by atoms with Crippen molar-refractivity contribution in [1.82, 2.24) is 5.32 Å². The minimum Gasteiger partial charge on any atom is -0.505 e. The summed E-state index contributed by atoms with van der Waals surface area (Å²) in [7, 11) is 0. The van der Waals surface area contributed by atoms with Crippen LogP contribution in [0.2, 0.25) is 0 Å². The largest absolute Gasteiger partial charge is 0.505 e. The maximum absolute atomic E-state index is 13.3. The summed E-state index contributed by atoms with van der Waals surface area (Å²) < 4.78 is 13.3. The second-order valence-corrected chi connectivity index (χ2v) is 5.71. The number of benzene rings is 2. The molecule has 2 nitrogen and oxygen atoms in total. The van der Waals surface area contributed by atoms with Crippen molar-refractivity contribution in [3.05, 3.63) is 65.0 Å². The predicted molar refractivity (Wildman–Crippen MR) is 83.9 cm³/mol. The lowest BCUT2D eigenvalue weighted by atomic mass is 9.99. The number of hydrogen-bond acceptors (Lipinski definition) is 2. The zero-order chi connectivity index (χ0) is 15.4. The predicted octanol–water partition coefficient (Wildman–Crippen LogP) is 4.51. The Hall–Kier alpha value is -1.87. The van der Waals surface area contributed by atoms with Gasteiger partial charge in [-0.05, 0) is 41.7 Å². The quantitative estimate of drug-likeness (QED) is 0.848. The molecule has 112 valence electrons. The first-order valence-corrected chi connectivity index (χ1v) is 7.28. The smallest absolute Gasteiger partial charge is 0.165 e. The highest BCUT2D eigenvalue weighted by molar-refractivity contribution is 5.29. The molecule has 1 unspecified atom stereocenters. The molecule has 0 bridgehead atoms. The lowest BCUT2D eigenvalue weighted by molar-refractivity contribution is 0.431. The van der Waals surface area contributed by atoms with Crippen molar-refractivity contribution in [1.29, 1.82) is 0 Å². The summed E-state index contributed by atoms with van der Waals surface area (Å²) in [6.45, 7) is 7.00. The van der Waals surface area contributed by atoms with E-state index in [1.54, 1.807) is 6.07 Å². The first kappa shape index (κ1) is 15.5. The minimum absolute atomic E-state index is 0.183. The van der Waals surface area contributed by atoms with Gasteiger partial charge in [-0.2, -0.15) is 0 Å². The third-order valence-electron chi connectivity index (χ3n) is 3.73. The highest BCUT2D eigenvalue weighted by atomic mass is 19.1. The van der Waals surface area contributed by atoms with Crippen molar-refractivity contribution in [2.75, 3.05) is 0 Å². The summed E-state index contributed by atoms with van der Waals surface area (Å²) in [6, 6.07) is 13.2. The molecule has 2 rings (SSSR count). The molecule has 0 aliphatic heterocycles. The van der Waals surface area contributed by atoms with Gasteiger partial charge in [0.05, 0.1) is 0 Å². The zero-order valence-corrected chi connectivity index (χ0v) is 12.7. The topological polar surface area (TPSA) is 32.3 Å². The lowest BCUT2D eigenvalue weighted by Gasteiger charge is -2.15. The van der Waals surface area contributed by atoms with Crippen LogP contribution in [0.1, 0.15) is 49.4 Å². The number of nitrogens with one attached hydrogen (secondary N) is 1. The summed E-state index contributed by atoms with van der Waals surface area (Å²) in [5, 5.41) is 12.5. The van der Waals surface area contributed by atoms with Gasteiger partial charge in [-0.3, -0.25) is 0 Å². The van der Waals surface area contributed by atoms with Gasteiger partial charge in [0, 0.05) is 12.6 Å². The number of hydrogen-bond donors (Lipinski definition) is 2. The van der Waals surface area contributed by atoms with E-state index >= 15 is 0 Å². The van der Waals surface area contributed by atoms with Gasteiger partial charge in [0.1, 0.15) is 0 Å². The van der Waals surface area contributed by atoms with E-state index in [0.29, 0.717) is 12.5 Å². The minimum atomic E-state index is -0.580. The van der Waals surface area contributed by atoms with Crippen LogP contribution >= 0.6 is 0 Å². The fraction of sp³-hybridized carbons (Fsp3) is 0.333. The van der Waals surface area contributed by atoms with Crippen LogP contribution in [0.3, 0.4) is 0 Å². The van der Waals surface area contributed by atoms with Crippen molar-refractivity contribution >= 4 is 0 Å². The van der Waals surface area contributed by atoms with E-state index < -0.39 is 5.82 Å². The molecule has 0 saturated heterocycles. The van der Waals surface area contributed by atoms with Crippen molar-refractivity contribution in [2.24, 2.45) is 0 Å². The van der Waals surface area contributed by atoms with Gasteiger partial charge in [0.25, 0.3) is 0 Å². The summed E-state index contributed by atoms with van der Waals surface area (Å²) in [4.78, 5) is 0. The molecule has 1 atom stereocenters. The number of aromatic hydroxyl groups is 1. The molecule has 0 heterocycles. The number of rotatable bonds is 5. The summed E-state index contributed by atoms with van der Waals surface area (Å²) >= 11 is 0. The van der Waals surface area contributed by atoms with Crippen molar-refractivity contribution in [3.8, 4) is 5.75 Å². The zero-order valence-electron chi connectivity index (χ0n) is 12.7. The van der Waals surface area contributed by atoms with Crippen LogP contribution < -0.4 is 5.32 Å². The molecule has 2 aromatic carbocycles. The summed E-state index contributed by atoms with van der Waals surface area (Å²) in [6.07, 6.45) is 0. The third-order valence-corrected chi connectivity index (χ3v) is 3.73. The summed E-state index contributed by atoms with van der Waals surface area (Å²) in [5.41, 5.74) is 3.35. The molecule has 21 heavy (non-hydrogen) atoms. The molecule has 0 radical (unpaired) electrons. The molecule has 2 N–H and O–H groups in total. The summed E-state index contributed by atoms with van der Waals surface area (Å²) in [5.74, 6) is -0.360. The molecule has 0 spiro atoms. The monoisotopic (exact) mass is 287 g/mol. The molecule has 0 aromatic heterocycles. The first-order valence-electron chi connectivity index (χ1n) is 7.28. The van der Waals surface area contributed by atoms with E-state index in [9.17, 15) is 9.50 Å². The Morgan fingerprint density at radius 3 is 2.19 bits per heavy atom. The van der Waals surface area contributed by atoms with E-state index in [1.807, 2.05) is 0 Å².